The van der Waals surface area contributed by atoms with Crippen molar-refractivity contribution in [2.75, 3.05) is 0 Å². The van der Waals surface area contributed by atoms with E-state index in [1.54, 1.807) is 0 Å². The largest absolute Gasteiger partial charge is 0.393 e. The highest BCUT2D eigenvalue weighted by molar-refractivity contribution is 5.87. The monoisotopic (exact) mass is 280 g/mol. The summed E-state index contributed by atoms with van der Waals surface area (Å²) in [5, 5.41) is 10.2. The van der Waals surface area contributed by atoms with E-state index in [0.717, 1.165) is 25.7 Å². The van der Waals surface area contributed by atoms with Crippen LogP contribution in [0.25, 0.3) is 0 Å². The summed E-state index contributed by atoms with van der Waals surface area (Å²) >= 11 is 0. The average molecular weight is 280 g/mol. The number of aliphatic hydroxyl groups is 1. The first-order chi connectivity index (χ1) is 11.1. The van der Waals surface area contributed by atoms with Crippen LogP contribution in [0, 0.1) is 35.0 Å². The van der Waals surface area contributed by atoms with Gasteiger partial charge >= 0.3 is 0 Å². The lowest BCUT2D eigenvalue weighted by molar-refractivity contribution is -0.133. The number of rotatable bonds is 0. The summed E-state index contributed by atoms with van der Waals surface area (Å²) in [6.07, 6.45) is 0.0580. The lowest BCUT2D eigenvalue weighted by atomic mass is 9.50. The van der Waals surface area contributed by atoms with E-state index in [4.69, 9.17) is 5.48 Å². The van der Waals surface area contributed by atoms with Gasteiger partial charge in [0.15, 0.2) is 0 Å². The third kappa shape index (κ3) is 1.76. The number of fused-ring (bicyclic) bond motifs is 5. The van der Waals surface area contributed by atoms with Crippen LogP contribution in [0.15, 0.2) is 0 Å². The lowest BCUT2D eigenvalue weighted by Crippen LogP contribution is -2.49. The molecule has 20 heavy (non-hydrogen) atoms. The first kappa shape index (κ1) is 9.61. The van der Waals surface area contributed by atoms with Crippen molar-refractivity contribution in [2.45, 2.75) is 70.7 Å². The van der Waals surface area contributed by atoms with Crippen LogP contribution in [0.2, 0.25) is 0 Å². The van der Waals surface area contributed by atoms with Gasteiger partial charge in [-0.25, -0.2) is 0 Å². The Morgan fingerprint density at radius 3 is 2.85 bits per heavy atom. The Bertz CT molecular complexity index is 563. The Kier molecular flexibility index (Phi) is 2.19. The summed E-state index contributed by atoms with van der Waals surface area (Å²) in [5.74, 6) is 1.28. The fraction of sp³-hybridized carbons (Fsp3) is 0.944. The molecular formula is C18H28O2. The zero-order valence-corrected chi connectivity index (χ0v) is 12.3. The number of ketones is 1. The molecule has 4 aliphatic carbocycles. The third-order valence-electron chi connectivity index (χ3n) is 7.00. The zero-order valence-electron chi connectivity index (χ0n) is 16.3. The second kappa shape index (κ2) is 4.56. The second-order valence-corrected chi connectivity index (χ2v) is 7.68. The molecule has 2 heteroatoms. The Balaban J connectivity index is 1.66. The summed E-state index contributed by atoms with van der Waals surface area (Å²) in [6, 6.07) is 0. The molecule has 4 rings (SSSR count). The fourth-order valence-corrected chi connectivity index (χ4v) is 5.93. The molecular weight excluding hydrogens is 248 g/mol. The summed E-state index contributed by atoms with van der Waals surface area (Å²) in [7, 11) is 0. The Morgan fingerprint density at radius 2 is 2.00 bits per heavy atom. The molecule has 0 unspecified atom stereocenters. The molecule has 0 aromatic rings. The molecule has 1 N–H and O–H groups in total. The normalized spacial score (nSPS) is 63.0. The van der Waals surface area contributed by atoms with Crippen LogP contribution in [0.4, 0.5) is 0 Å². The third-order valence-corrected chi connectivity index (χ3v) is 7.00. The van der Waals surface area contributed by atoms with E-state index in [0.29, 0.717) is 36.4 Å². The molecule has 0 bridgehead atoms. The van der Waals surface area contributed by atoms with Gasteiger partial charge in [0.1, 0.15) is 5.78 Å². The highest BCUT2D eigenvalue weighted by Gasteiger charge is 2.56. The van der Waals surface area contributed by atoms with Crippen LogP contribution in [0.3, 0.4) is 0 Å². The average Bonchev–Trinajstić information content (AvgIpc) is 2.81. The van der Waals surface area contributed by atoms with E-state index in [1.165, 1.54) is 0 Å². The summed E-state index contributed by atoms with van der Waals surface area (Å²) in [5.41, 5.74) is -0.194. The number of carbonyl (C=O) groups is 1. The predicted molar refractivity (Wildman–Crippen MR) is 78.1 cm³/mol. The topological polar surface area (TPSA) is 37.3 Å². The maximum Gasteiger partial charge on any atom is 0.139 e. The smallest absolute Gasteiger partial charge is 0.139 e. The molecule has 0 radical (unpaired) electrons. The highest BCUT2D eigenvalue weighted by Crippen LogP contribution is 2.61. The van der Waals surface area contributed by atoms with Crippen LogP contribution in [0.1, 0.15) is 70.1 Å². The summed E-state index contributed by atoms with van der Waals surface area (Å²) in [6.45, 7) is 2.12. The quantitative estimate of drug-likeness (QED) is 0.736. The van der Waals surface area contributed by atoms with E-state index in [9.17, 15) is 9.90 Å². The van der Waals surface area contributed by atoms with Gasteiger partial charge in [0.25, 0.3) is 0 Å². The Labute approximate surface area is 127 Å². The Morgan fingerprint density at radius 1 is 1.15 bits per heavy atom. The number of aliphatic hydroxyl groups excluding tert-OH is 1. The number of carbonyl (C=O) groups excluding carboxylic acids is 1. The molecule has 0 aromatic heterocycles. The first-order valence-electron chi connectivity index (χ1n) is 10.3. The standard InChI is InChI=1S/C18H28O2/c1-18-9-8-14-13-5-3-12(19)10-11(13)2-4-15(14)16(18)6-7-17(18)20/h11-16,19H,2-10H2,1H3/t11-,12+,13-,14+,15+,16-,18-/m0/s1/i3D2,10D2. The minimum atomic E-state index is -1.86. The van der Waals surface area contributed by atoms with Crippen molar-refractivity contribution in [3.63, 3.8) is 0 Å². The molecule has 0 spiro atoms. The first-order valence-corrected chi connectivity index (χ1v) is 8.30. The molecule has 0 heterocycles. The number of hydrogen-bond donors (Lipinski definition) is 1. The minimum Gasteiger partial charge on any atom is -0.393 e. The number of Topliss-reactive ketones (excluding diaryl/α,β-unsaturated/α-hetero) is 1. The molecule has 0 aliphatic heterocycles. The van der Waals surface area contributed by atoms with Crippen molar-refractivity contribution < 1.29 is 15.4 Å². The van der Waals surface area contributed by atoms with Crippen LogP contribution in [0.5, 0.6) is 0 Å². The van der Waals surface area contributed by atoms with Gasteiger partial charge in [0, 0.05) is 17.3 Å². The zero-order chi connectivity index (χ0) is 17.5. The van der Waals surface area contributed by atoms with Crippen molar-refractivity contribution in [2.24, 2.45) is 35.0 Å². The molecule has 7 atom stereocenters. The van der Waals surface area contributed by atoms with Crippen LogP contribution in [-0.2, 0) is 4.79 Å². The van der Waals surface area contributed by atoms with E-state index >= 15 is 0 Å². The van der Waals surface area contributed by atoms with E-state index in [1.807, 2.05) is 0 Å². The van der Waals surface area contributed by atoms with Gasteiger partial charge < -0.3 is 5.11 Å². The summed E-state index contributed by atoms with van der Waals surface area (Å²) < 4.78 is 33.0. The highest BCUT2D eigenvalue weighted by atomic mass is 16.3. The molecule has 2 nitrogen and oxygen atoms in total. The Hall–Kier alpha value is -0.370. The van der Waals surface area contributed by atoms with Gasteiger partial charge in [-0.2, -0.15) is 0 Å². The van der Waals surface area contributed by atoms with Gasteiger partial charge in [0.05, 0.1) is 6.10 Å². The molecule has 4 aliphatic rings. The summed E-state index contributed by atoms with van der Waals surface area (Å²) in [4.78, 5) is 12.4. The van der Waals surface area contributed by atoms with Gasteiger partial charge in [-0.05, 0) is 80.9 Å². The van der Waals surface area contributed by atoms with Crippen molar-refractivity contribution in [3.05, 3.63) is 0 Å². The van der Waals surface area contributed by atoms with Crippen molar-refractivity contribution in [3.8, 4) is 0 Å². The van der Waals surface area contributed by atoms with Crippen molar-refractivity contribution in [1.29, 1.82) is 0 Å². The predicted octanol–water partition coefficient (Wildman–Crippen LogP) is 3.57. The van der Waals surface area contributed by atoms with E-state index < -0.39 is 18.8 Å². The lowest BCUT2D eigenvalue weighted by Gasteiger charge is -2.54. The van der Waals surface area contributed by atoms with E-state index in [-0.39, 0.29) is 23.7 Å². The van der Waals surface area contributed by atoms with Gasteiger partial charge in [-0.15, -0.1) is 0 Å². The molecule has 0 amide bonds. The molecule has 0 saturated heterocycles. The molecule has 4 saturated carbocycles. The second-order valence-electron chi connectivity index (χ2n) is 7.68. The van der Waals surface area contributed by atoms with Crippen LogP contribution in [-0.4, -0.2) is 17.0 Å². The maximum absolute atomic E-state index is 12.4. The van der Waals surface area contributed by atoms with Gasteiger partial charge in [0.2, 0.25) is 0 Å². The van der Waals surface area contributed by atoms with Crippen LogP contribution < -0.4 is 0 Å². The van der Waals surface area contributed by atoms with Gasteiger partial charge in [-0.1, -0.05) is 6.92 Å². The minimum absolute atomic E-state index is 0.00241. The van der Waals surface area contributed by atoms with Crippen molar-refractivity contribution >= 4 is 5.78 Å². The van der Waals surface area contributed by atoms with E-state index in [2.05, 4.69) is 6.92 Å². The fourth-order valence-electron chi connectivity index (χ4n) is 5.93. The SMILES string of the molecule is [2H]C1([2H])C[C@@H]2[C@H]3CC[C@]4(C)C(=O)CC[C@H]4[C@@H]3CC[C@H]2C([2H])([2H])[C@@H]1O. The molecule has 0 aromatic carbocycles. The van der Waals surface area contributed by atoms with Crippen LogP contribution >= 0.6 is 0 Å². The molecule has 112 valence electrons. The maximum atomic E-state index is 12.4. The van der Waals surface area contributed by atoms with Gasteiger partial charge in [-0.3, -0.25) is 4.79 Å². The number of hydrogen-bond acceptors (Lipinski definition) is 2. The van der Waals surface area contributed by atoms with Crippen molar-refractivity contribution in [1.82, 2.24) is 0 Å². The molecule has 4 fully saturated rings.